The molecule has 0 unspecified atom stereocenters. The minimum atomic E-state index is -1.000. The first-order valence-corrected chi connectivity index (χ1v) is 7.57. The van der Waals surface area contributed by atoms with Crippen molar-refractivity contribution in [2.24, 2.45) is 0 Å². The Kier molecular flexibility index (Phi) is 3.57. The Bertz CT molecular complexity index is 594. The largest absolute Gasteiger partial charge is 0.495 e. The van der Waals surface area contributed by atoms with Gasteiger partial charge in [-0.1, -0.05) is 6.07 Å². The second kappa shape index (κ2) is 5.06. The smallest absolute Gasteiger partial charge is 0.399 e. The van der Waals surface area contributed by atoms with Crippen LogP contribution in [0.2, 0.25) is 0 Å². The van der Waals surface area contributed by atoms with Gasteiger partial charge in [-0.05, 0) is 69.6 Å². The fourth-order valence-corrected chi connectivity index (χ4v) is 2.69. The quantitative estimate of drug-likeness (QED) is 0.806. The Hall–Kier alpha value is -1.40. The molecule has 0 amide bonds. The second-order valence-corrected chi connectivity index (χ2v) is 7.07. The average molecular weight is 306 g/mol. The molecule has 3 rings (SSSR count). The maximum absolute atomic E-state index is 12.2. The van der Waals surface area contributed by atoms with Crippen LogP contribution in [0.15, 0.2) is 18.2 Å². The molecule has 1 aromatic rings. The summed E-state index contributed by atoms with van der Waals surface area (Å²) in [6.45, 7) is 7.90. The van der Waals surface area contributed by atoms with Crippen LogP contribution in [-0.4, -0.2) is 24.3 Å². The van der Waals surface area contributed by atoms with E-state index < -0.39 is 24.3 Å². The van der Waals surface area contributed by atoms with Crippen LogP contribution in [0.5, 0.6) is 0 Å². The lowest BCUT2D eigenvalue weighted by Crippen LogP contribution is -2.41. The van der Waals surface area contributed by atoms with E-state index in [9.17, 15) is 9.32 Å². The Balaban J connectivity index is 2.00. The van der Waals surface area contributed by atoms with Gasteiger partial charge in [0.05, 0.1) is 16.8 Å². The lowest BCUT2D eigenvalue weighted by atomic mass is 9.74. The van der Waals surface area contributed by atoms with Gasteiger partial charge in [0.2, 0.25) is 0 Å². The molecule has 0 bridgehead atoms. The van der Waals surface area contributed by atoms with Crippen molar-refractivity contribution in [3.8, 4) is 0 Å². The molecule has 1 aromatic carbocycles. The first-order valence-electron chi connectivity index (χ1n) is 7.57. The normalized spacial score (nSPS) is 22.7. The van der Waals surface area contributed by atoms with E-state index in [1.165, 1.54) is 0 Å². The third-order valence-corrected chi connectivity index (χ3v) is 4.92. The molecule has 22 heavy (non-hydrogen) atoms. The number of carbonyl (C=O) groups is 1. The van der Waals surface area contributed by atoms with Crippen molar-refractivity contribution in [3.05, 3.63) is 29.3 Å². The molecule has 118 valence electrons. The molecule has 2 aliphatic rings. The number of halogens is 1. The van der Waals surface area contributed by atoms with Gasteiger partial charge in [0.1, 0.15) is 0 Å². The Labute approximate surface area is 130 Å². The summed E-state index contributed by atoms with van der Waals surface area (Å²) in [6.07, 6.45) is 2.22. The lowest BCUT2D eigenvalue weighted by molar-refractivity contribution is -0.0787. The standard InChI is InChI=1S/C16H20BFO4/c1-15(2)16(3,4)22-17(21-15)13-9-11(14(19)20-18)7-8-12(13)10-5-6-10/h7-10H,5-6H2,1-4H3. The predicted octanol–water partition coefficient (Wildman–Crippen LogP) is 2.90. The van der Waals surface area contributed by atoms with Gasteiger partial charge in [-0.25, -0.2) is 9.74 Å². The highest BCUT2D eigenvalue weighted by molar-refractivity contribution is 6.62. The van der Waals surface area contributed by atoms with Gasteiger partial charge in [0.15, 0.2) is 0 Å². The zero-order valence-electron chi connectivity index (χ0n) is 13.3. The van der Waals surface area contributed by atoms with Gasteiger partial charge in [-0.3, -0.25) is 0 Å². The van der Waals surface area contributed by atoms with Crippen LogP contribution in [-0.2, 0) is 14.3 Å². The maximum atomic E-state index is 12.2. The summed E-state index contributed by atoms with van der Waals surface area (Å²) in [6, 6.07) is 5.06. The van der Waals surface area contributed by atoms with Crippen LogP contribution < -0.4 is 5.46 Å². The molecule has 0 N–H and O–H groups in total. The molecular weight excluding hydrogens is 286 g/mol. The topological polar surface area (TPSA) is 44.8 Å². The highest BCUT2D eigenvalue weighted by Gasteiger charge is 2.52. The molecule has 1 saturated carbocycles. The molecule has 6 heteroatoms. The lowest BCUT2D eigenvalue weighted by Gasteiger charge is -2.32. The van der Waals surface area contributed by atoms with Gasteiger partial charge in [0.25, 0.3) is 0 Å². The average Bonchev–Trinajstić information content (AvgIpc) is 3.25. The third kappa shape index (κ3) is 2.54. The SMILES string of the molecule is CC1(C)OB(c2cc(C(=O)OF)ccc2C2CC2)OC1(C)C. The van der Waals surface area contributed by atoms with Gasteiger partial charge in [-0.15, -0.1) is 0 Å². The first-order chi connectivity index (χ1) is 10.2. The van der Waals surface area contributed by atoms with E-state index >= 15 is 0 Å². The Morgan fingerprint density at radius 1 is 1.23 bits per heavy atom. The molecule has 0 aromatic heterocycles. The van der Waals surface area contributed by atoms with E-state index in [1.54, 1.807) is 12.1 Å². The fourth-order valence-electron chi connectivity index (χ4n) is 2.69. The summed E-state index contributed by atoms with van der Waals surface area (Å²) in [5.74, 6) is -0.537. The number of hydrogen-bond acceptors (Lipinski definition) is 4. The second-order valence-electron chi connectivity index (χ2n) is 7.07. The van der Waals surface area contributed by atoms with Crippen molar-refractivity contribution in [2.45, 2.75) is 57.7 Å². The summed E-state index contributed by atoms with van der Waals surface area (Å²) >= 11 is 0. The predicted molar refractivity (Wildman–Crippen MR) is 80.7 cm³/mol. The van der Waals surface area contributed by atoms with Crippen LogP contribution in [0.1, 0.15) is 62.4 Å². The monoisotopic (exact) mass is 306 g/mol. The number of carbonyl (C=O) groups excluding carboxylic acids is 1. The molecule has 1 aliphatic heterocycles. The number of benzene rings is 1. The van der Waals surface area contributed by atoms with Gasteiger partial charge >= 0.3 is 13.1 Å². The minimum absolute atomic E-state index is 0.164. The van der Waals surface area contributed by atoms with E-state index in [1.807, 2.05) is 33.8 Å². The van der Waals surface area contributed by atoms with Crippen LogP contribution in [0.3, 0.4) is 0 Å². The molecule has 1 heterocycles. The van der Waals surface area contributed by atoms with Crippen molar-refractivity contribution in [1.82, 2.24) is 0 Å². The number of hydrogen-bond donors (Lipinski definition) is 0. The van der Waals surface area contributed by atoms with Gasteiger partial charge in [0, 0.05) is 4.53 Å². The summed E-state index contributed by atoms with van der Waals surface area (Å²) in [7, 11) is -0.562. The van der Waals surface area contributed by atoms with Crippen molar-refractivity contribution in [2.75, 3.05) is 0 Å². The zero-order chi connectivity index (χ0) is 16.1. The third-order valence-electron chi connectivity index (χ3n) is 4.92. The van der Waals surface area contributed by atoms with Crippen molar-refractivity contribution in [3.63, 3.8) is 0 Å². The Morgan fingerprint density at radius 2 is 1.82 bits per heavy atom. The molecule has 0 spiro atoms. The molecule has 1 aliphatic carbocycles. The summed E-state index contributed by atoms with van der Waals surface area (Å²) in [5.41, 5.74) is 1.14. The molecule has 1 saturated heterocycles. The van der Waals surface area contributed by atoms with Crippen molar-refractivity contribution in [1.29, 1.82) is 0 Å². The maximum Gasteiger partial charge on any atom is 0.495 e. The summed E-state index contributed by atoms with van der Waals surface area (Å²) in [4.78, 5) is 14.8. The van der Waals surface area contributed by atoms with Crippen molar-refractivity contribution < 1.29 is 23.6 Å². The Morgan fingerprint density at radius 3 is 2.32 bits per heavy atom. The van der Waals surface area contributed by atoms with E-state index in [4.69, 9.17) is 9.31 Å². The van der Waals surface area contributed by atoms with E-state index in [2.05, 4.69) is 4.94 Å². The number of rotatable bonds is 3. The highest BCUT2D eigenvalue weighted by Crippen LogP contribution is 2.41. The van der Waals surface area contributed by atoms with Crippen molar-refractivity contribution >= 4 is 18.6 Å². The molecule has 4 nitrogen and oxygen atoms in total. The highest BCUT2D eigenvalue weighted by atomic mass is 19.3. The van der Waals surface area contributed by atoms with Crippen LogP contribution in [0, 0.1) is 0 Å². The fraction of sp³-hybridized carbons (Fsp3) is 0.562. The molecule has 0 atom stereocenters. The zero-order valence-corrected chi connectivity index (χ0v) is 13.3. The first kappa shape index (κ1) is 15.5. The summed E-state index contributed by atoms with van der Waals surface area (Å²) < 4.78 is 24.3. The van der Waals surface area contributed by atoms with Crippen LogP contribution in [0.4, 0.5) is 4.53 Å². The summed E-state index contributed by atoms with van der Waals surface area (Å²) in [5, 5.41) is 0. The molecule has 0 radical (unpaired) electrons. The van der Waals surface area contributed by atoms with E-state index in [0.717, 1.165) is 23.9 Å². The minimum Gasteiger partial charge on any atom is -0.399 e. The van der Waals surface area contributed by atoms with E-state index in [0.29, 0.717) is 5.92 Å². The molecular formula is C16H20BFO4. The van der Waals surface area contributed by atoms with E-state index in [-0.39, 0.29) is 5.56 Å². The van der Waals surface area contributed by atoms with Gasteiger partial charge < -0.3 is 9.31 Å². The van der Waals surface area contributed by atoms with Gasteiger partial charge in [-0.2, -0.15) is 0 Å². The van der Waals surface area contributed by atoms with Crippen LogP contribution in [0.25, 0.3) is 0 Å². The van der Waals surface area contributed by atoms with Crippen LogP contribution >= 0.6 is 0 Å². The molecule has 2 fully saturated rings.